The number of nitrogens with two attached hydrogens (primary N) is 1. The number of carbonyl (C=O) groups is 1. The van der Waals surface area contributed by atoms with Crippen LogP contribution in [0.3, 0.4) is 0 Å². The van der Waals surface area contributed by atoms with E-state index in [2.05, 4.69) is 55.7 Å². The highest BCUT2D eigenvalue weighted by Gasteiger charge is 2.28. The molecule has 3 aromatic rings. The monoisotopic (exact) mass is 474 g/mol. The average Bonchev–Trinajstić information content (AvgIpc) is 2.87. The summed E-state index contributed by atoms with van der Waals surface area (Å²) in [5, 5.41) is 3.10. The second-order valence-electron chi connectivity index (χ2n) is 8.44. The summed E-state index contributed by atoms with van der Waals surface area (Å²) >= 11 is 1.71. The van der Waals surface area contributed by atoms with E-state index >= 15 is 0 Å². The minimum atomic E-state index is -0.114. The number of amides is 1. The summed E-state index contributed by atoms with van der Waals surface area (Å²) in [6.07, 6.45) is 6.99. The van der Waals surface area contributed by atoms with E-state index in [-0.39, 0.29) is 11.8 Å². The Morgan fingerprint density at radius 1 is 1.21 bits per heavy atom. The maximum absolute atomic E-state index is 12.9. The van der Waals surface area contributed by atoms with Gasteiger partial charge in [-0.1, -0.05) is 29.8 Å². The van der Waals surface area contributed by atoms with Gasteiger partial charge < -0.3 is 16.0 Å². The SMILES string of the molecule is CSc1ccc(CNC(=O)[C@@H]2CCCN(c3ncnc(N)c3C=Nc3ccc(C)cc3)C2)cc1. The Kier molecular flexibility index (Phi) is 7.80. The van der Waals surface area contributed by atoms with Crippen LogP contribution in [0.5, 0.6) is 0 Å². The predicted molar refractivity (Wildman–Crippen MR) is 140 cm³/mol. The highest BCUT2D eigenvalue weighted by molar-refractivity contribution is 7.98. The van der Waals surface area contributed by atoms with E-state index in [4.69, 9.17) is 5.73 Å². The van der Waals surface area contributed by atoms with Gasteiger partial charge in [-0.25, -0.2) is 9.97 Å². The lowest BCUT2D eigenvalue weighted by atomic mass is 9.96. The number of rotatable bonds is 7. The Hall–Kier alpha value is -3.39. The van der Waals surface area contributed by atoms with Gasteiger partial charge in [0.05, 0.1) is 17.2 Å². The van der Waals surface area contributed by atoms with Gasteiger partial charge in [0.2, 0.25) is 5.91 Å². The minimum Gasteiger partial charge on any atom is -0.383 e. The topological polar surface area (TPSA) is 96.5 Å². The number of hydrogen-bond donors (Lipinski definition) is 2. The Labute approximate surface area is 204 Å². The van der Waals surface area contributed by atoms with Crippen LogP contribution in [0, 0.1) is 12.8 Å². The van der Waals surface area contributed by atoms with Gasteiger partial charge in [0.15, 0.2) is 0 Å². The van der Waals surface area contributed by atoms with E-state index < -0.39 is 0 Å². The molecular formula is C26H30N6OS. The molecule has 34 heavy (non-hydrogen) atoms. The van der Waals surface area contributed by atoms with E-state index in [1.54, 1.807) is 18.0 Å². The number of hydrogen-bond acceptors (Lipinski definition) is 7. The number of nitrogens with zero attached hydrogens (tertiary/aromatic N) is 4. The van der Waals surface area contributed by atoms with Crippen LogP contribution in [-0.4, -0.2) is 41.4 Å². The Balaban J connectivity index is 1.44. The first-order valence-corrected chi connectivity index (χ1v) is 12.6. The number of benzene rings is 2. The summed E-state index contributed by atoms with van der Waals surface area (Å²) in [5.74, 6) is 1.04. The molecule has 0 aliphatic carbocycles. The van der Waals surface area contributed by atoms with Gasteiger partial charge in [-0.3, -0.25) is 9.79 Å². The zero-order chi connectivity index (χ0) is 23.9. The normalized spacial score (nSPS) is 16.1. The van der Waals surface area contributed by atoms with Crippen molar-refractivity contribution in [2.45, 2.75) is 31.2 Å². The van der Waals surface area contributed by atoms with Crippen LogP contribution >= 0.6 is 11.8 Å². The second-order valence-corrected chi connectivity index (χ2v) is 9.32. The van der Waals surface area contributed by atoms with Crippen LogP contribution in [0.1, 0.15) is 29.5 Å². The number of anilines is 2. The molecule has 0 bridgehead atoms. The zero-order valence-corrected chi connectivity index (χ0v) is 20.4. The first kappa shape index (κ1) is 23.8. The lowest BCUT2D eigenvalue weighted by Gasteiger charge is -2.33. The van der Waals surface area contributed by atoms with Crippen molar-refractivity contribution in [2.24, 2.45) is 10.9 Å². The molecule has 1 aliphatic heterocycles. The molecule has 4 rings (SSSR count). The summed E-state index contributed by atoms with van der Waals surface area (Å²) in [4.78, 5) is 29.5. The largest absolute Gasteiger partial charge is 0.383 e. The van der Waals surface area contributed by atoms with E-state index in [9.17, 15) is 4.79 Å². The summed E-state index contributed by atoms with van der Waals surface area (Å²) < 4.78 is 0. The fourth-order valence-corrected chi connectivity index (χ4v) is 4.41. The maximum Gasteiger partial charge on any atom is 0.225 e. The lowest BCUT2D eigenvalue weighted by molar-refractivity contribution is -0.125. The van der Waals surface area contributed by atoms with Crippen LogP contribution in [0.25, 0.3) is 0 Å². The van der Waals surface area contributed by atoms with E-state index in [1.165, 1.54) is 16.8 Å². The third kappa shape index (κ3) is 5.94. The van der Waals surface area contributed by atoms with Gasteiger partial charge in [-0.05, 0) is 55.9 Å². The second kappa shape index (κ2) is 11.2. The molecular weight excluding hydrogens is 444 g/mol. The van der Waals surface area contributed by atoms with E-state index in [0.717, 1.165) is 30.6 Å². The summed E-state index contributed by atoms with van der Waals surface area (Å²) in [6.45, 7) is 3.96. The summed E-state index contributed by atoms with van der Waals surface area (Å²) in [6, 6.07) is 16.2. The first-order chi connectivity index (χ1) is 16.5. The number of aliphatic imine (C=N–C) groups is 1. The smallest absolute Gasteiger partial charge is 0.225 e. The number of aryl methyl sites for hydroxylation is 1. The molecule has 7 nitrogen and oxygen atoms in total. The molecule has 0 saturated carbocycles. The molecule has 1 amide bonds. The molecule has 1 aliphatic rings. The number of piperidine rings is 1. The average molecular weight is 475 g/mol. The number of nitrogen functional groups attached to an aromatic ring is 1. The van der Waals surface area contributed by atoms with Crippen molar-refractivity contribution in [1.29, 1.82) is 0 Å². The maximum atomic E-state index is 12.9. The van der Waals surface area contributed by atoms with Crippen molar-refractivity contribution < 1.29 is 4.79 Å². The van der Waals surface area contributed by atoms with Gasteiger partial charge >= 0.3 is 0 Å². The highest BCUT2D eigenvalue weighted by atomic mass is 32.2. The number of thioether (sulfide) groups is 1. The standard InChI is InChI=1S/C26H30N6OS/c1-18-5-9-21(10-6-18)28-15-23-24(27)30-17-31-25(23)32-13-3-4-20(16-32)26(33)29-14-19-7-11-22(34-2)12-8-19/h5-12,15,17,20H,3-4,13-14,16H2,1-2H3,(H,29,33)(H2,27,30,31)/t20-/m1/s1. The number of carbonyl (C=O) groups excluding carboxylic acids is 1. The van der Waals surface area contributed by atoms with Crippen LogP contribution in [0.2, 0.25) is 0 Å². The van der Waals surface area contributed by atoms with Crippen molar-refractivity contribution in [3.8, 4) is 0 Å². The summed E-state index contributed by atoms with van der Waals surface area (Å²) in [5.41, 5.74) is 9.98. The molecule has 1 saturated heterocycles. The van der Waals surface area contributed by atoms with Gasteiger partial charge in [-0.15, -0.1) is 11.8 Å². The van der Waals surface area contributed by atoms with E-state index in [0.29, 0.717) is 30.3 Å². The van der Waals surface area contributed by atoms with Crippen LogP contribution in [-0.2, 0) is 11.3 Å². The zero-order valence-electron chi connectivity index (χ0n) is 19.6. The molecule has 2 aromatic carbocycles. The third-order valence-electron chi connectivity index (χ3n) is 5.99. The van der Waals surface area contributed by atoms with E-state index in [1.807, 2.05) is 31.2 Å². The van der Waals surface area contributed by atoms with Crippen molar-refractivity contribution in [3.05, 3.63) is 71.5 Å². The van der Waals surface area contributed by atoms with Gasteiger partial charge in [0.1, 0.15) is 18.0 Å². The Morgan fingerprint density at radius 3 is 2.71 bits per heavy atom. The molecule has 176 valence electrons. The molecule has 0 spiro atoms. The van der Waals surface area contributed by atoms with Crippen LogP contribution < -0.4 is 16.0 Å². The van der Waals surface area contributed by atoms with Crippen molar-refractivity contribution >= 4 is 41.2 Å². The minimum absolute atomic E-state index is 0.0653. The molecule has 1 fully saturated rings. The fraction of sp³-hybridized carbons (Fsp3) is 0.308. The number of nitrogens with one attached hydrogen (secondary N) is 1. The van der Waals surface area contributed by atoms with Gasteiger partial charge in [0, 0.05) is 30.7 Å². The van der Waals surface area contributed by atoms with Crippen LogP contribution in [0.15, 0.2) is 64.7 Å². The first-order valence-electron chi connectivity index (χ1n) is 11.4. The van der Waals surface area contributed by atoms with Gasteiger partial charge in [-0.2, -0.15) is 0 Å². The molecule has 2 heterocycles. The molecule has 8 heteroatoms. The molecule has 1 aromatic heterocycles. The van der Waals surface area contributed by atoms with Crippen LogP contribution in [0.4, 0.5) is 17.3 Å². The van der Waals surface area contributed by atoms with Crippen molar-refractivity contribution in [1.82, 2.24) is 15.3 Å². The predicted octanol–water partition coefficient (Wildman–Crippen LogP) is 4.37. The van der Waals surface area contributed by atoms with Gasteiger partial charge in [0.25, 0.3) is 0 Å². The Morgan fingerprint density at radius 2 is 1.97 bits per heavy atom. The van der Waals surface area contributed by atoms with Crippen molar-refractivity contribution in [2.75, 3.05) is 30.0 Å². The quantitative estimate of drug-likeness (QED) is 0.390. The molecule has 1 atom stereocenters. The van der Waals surface area contributed by atoms with Crippen molar-refractivity contribution in [3.63, 3.8) is 0 Å². The molecule has 0 radical (unpaired) electrons. The summed E-state index contributed by atoms with van der Waals surface area (Å²) in [7, 11) is 0. The molecule has 3 N–H and O–H groups in total. The third-order valence-corrected chi connectivity index (χ3v) is 6.73. The Bertz CT molecular complexity index is 1150. The fourth-order valence-electron chi connectivity index (χ4n) is 4.01. The lowest BCUT2D eigenvalue weighted by Crippen LogP contribution is -2.43. The highest BCUT2D eigenvalue weighted by Crippen LogP contribution is 2.27. The number of aromatic nitrogens is 2. The molecule has 0 unspecified atom stereocenters.